The van der Waals surface area contributed by atoms with Crippen LogP contribution in [0.2, 0.25) is 0 Å². The fourth-order valence-electron chi connectivity index (χ4n) is 2.87. The number of benzene rings is 2. The van der Waals surface area contributed by atoms with Crippen LogP contribution in [0, 0.1) is 0 Å². The van der Waals surface area contributed by atoms with Crippen molar-refractivity contribution in [3.8, 4) is 17.2 Å². The Bertz CT molecular complexity index is 824. The molecule has 1 atom stereocenters. The van der Waals surface area contributed by atoms with Gasteiger partial charge < -0.3 is 30.0 Å². The first-order chi connectivity index (χ1) is 14.5. The lowest BCUT2D eigenvalue weighted by Crippen LogP contribution is -2.39. The summed E-state index contributed by atoms with van der Waals surface area (Å²) in [5.74, 6) is 2.72. The average molecular weight is 416 g/mol. The zero-order valence-electron chi connectivity index (χ0n) is 18.4. The standard InChI is InChI=1S/C23H33N3O4/c1-6-24-23(25-14-17-10-11-21(28-4)22(12-17)29-5)26-15-20(27)18-8-7-9-19(13-18)30-16(2)3/h7-13,16,20,27H,6,14-15H2,1-5H3,(H2,24,25,26). The minimum atomic E-state index is -0.689. The molecule has 2 aromatic carbocycles. The van der Waals surface area contributed by atoms with Gasteiger partial charge >= 0.3 is 0 Å². The van der Waals surface area contributed by atoms with Crippen LogP contribution in [0.3, 0.4) is 0 Å². The predicted molar refractivity (Wildman–Crippen MR) is 120 cm³/mol. The lowest BCUT2D eigenvalue weighted by Gasteiger charge is -2.17. The van der Waals surface area contributed by atoms with Crippen LogP contribution in [0.1, 0.15) is 38.0 Å². The fourth-order valence-corrected chi connectivity index (χ4v) is 2.87. The molecule has 0 saturated heterocycles. The van der Waals surface area contributed by atoms with E-state index in [2.05, 4.69) is 15.6 Å². The molecule has 7 nitrogen and oxygen atoms in total. The maximum atomic E-state index is 10.6. The van der Waals surface area contributed by atoms with Gasteiger partial charge in [0, 0.05) is 13.1 Å². The number of aliphatic hydroxyl groups is 1. The van der Waals surface area contributed by atoms with Crippen LogP contribution in [0.15, 0.2) is 47.5 Å². The smallest absolute Gasteiger partial charge is 0.191 e. The Morgan fingerprint density at radius 1 is 1.03 bits per heavy atom. The van der Waals surface area contributed by atoms with Gasteiger partial charge in [0.2, 0.25) is 0 Å². The van der Waals surface area contributed by atoms with E-state index in [1.54, 1.807) is 14.2 Å². The third-order valence-corrected chi connectivity index (χ3v) is 4.29. The second-order valence-electron chi connectivity index (χ2n) is 7.02. The number of nitrogens with zero attached hydrogens (tertiary/aromatic N) is 1. The highest BCUT2D eigenvalue weighted by Crippen LogP contribution is 2.27. The van der Waals surface area contributed by atoms with E-state index in [0.717, 1.165) is 16.9 Å². The normalized spacial score (nSPS) is 12.4. The number of hydrogen-bond acceptors (Lipinski definition) is 5. The van der Waals surface area contributed by atoms with E-state index >= 15 is 0 Å². The summed E-state index contributed by atoms with van der Waals surface area (Å²) in [6.07, 6.45) is -0.606. The van der Waals surface area contributed by atoms with Gasteiger partial charge in [0.05, 0.1) is 33.0 Å². The summed E-state index contributed by atoms with van der Waals surface area (Å²) >= 11 is 0. The van der Waals surface area contributed by atoms with Crippen LogP contribution >= 0.6 is 0 Å². The molecular formula is C23H33N3O4. The van der Waals surface area contributed by atoms with Gasteiger partial charge in [-0.2, -0.15) is 0 Å². The topological polar surface area (TPSA) is 84.3 Å². The average Bonchev–Trinajstić information content (AvgIpc) is 2.74. The molecule has 2 rings (SSSR count). The van der Waals surface area contributed by atoms with Crippen molar-refractivity contribution in [1.29, 1.82) is 0 Å². The van der Waals surface area contributed by atoms with Crippen LogP contribution in [0.4, 0.5) is 0 Å². The summed E-state index contributed by atoms with van der Waals surface area (Å²) in [5, 5.41) is 17.0. The molecule has 0 heterocycles. The van der Waals surface area contributed by atoms with Crippen molar-refractivity contribution in [2.24, 2.45) is 4.99 Å². The molecule has 0 saturated carbocycles. The van der Waals surface area contributed by atoms with Crippen molar-refractivity contribution in [1.82, 2.24) is 10.6 Å². The van der Waals surface area contributed by atoms with Crippen LogP contribution < -0.4 is 24.8 Å². The van der Waals surface area contributed by atoms with E-state index in [9.17, 15) is 5.11 Å². The molecule has 164 valence electrons. The van der Waals surface area contributed by atoms with Crippen molar-refractivity contribution in [3.05, 3.63) is 53.6 Å². The minimum absolute atomic E-state index is 0.0830. The summed E-state index contributed by atoms with van der Waals surface area (Å²) < 4.78 is 16.3. The molecule has 7 heteroatoms. The number of hydrogen-bond donors (Lipinski definition) is 3. The lowest BCUT2D eigenvalue weighted by molar-refractivity contribution is 0.179. The van der Waals surface area contributed by atoms with Crippen LogP contribution in [0.5, 0.6) is 17.2 Å². The summed E-state index contributed by atoms with van der Waals surface area (Å²) in [6.45, 7) is 7.44. The highest BCUT2D eigenvalue weighted by molar-refractivity contribution is 5.79. The minimum Gasteiger partial charge on any atom is -0.493 e. The lowest BCUT2D eigenvalue weighted by atomic mass is 10.1. The summed E-state index contributed by atoms with van der Waals surface area (Å²) in [6, 6.07) is 13.2. The summed E-state index contributed by atoms with van der Waals surface area (Å²) in [7, 11) is 3.22. The Morgan fingerprint density at radius 3 is 2.47 bits per heavy atom. The summed E-state index contributed by atoms with van der Waals surface area (Å²) in [5.41, 5.74) is 1.78. The second kappa shape index (κ2) is 11.9. The van der Waals surface area contributed by atoms with Crippen molar-refractivity contribution < 1.29 is 19.3 Å². The van der Waals surface area contributed by atoms with Crippen LogP contribution in [-0.2, 0) is 6.54 Å². The van der Waals surface area contributed by atoms with E-state index in [-0.39, 0.29) is 6.10 Å². The van der Waals surface area contributed by atoms with E-state index in [1.807, 2.05) is 63.2 Å². The number of ether oxygens (including phenoxy) is 3. The highest BCUT2D eigenvalue weighted by atomic mass is 16.5. The molecule has 1 unspecified atom stereocenters. The number of methoxy groups -OCH3 is 2. The quantitative estimate of drug-likeness (QED) is 0.408. The third kappa shape index (κ3) is 7.15. The molecule has 3 N–H and O–H groups in total. The monoisotopic (exact) mass is 415 g/mol. The number of nitrogens with one attached hydrogen (secondary N) is 2. The van der Waals surface area contributed by atoms with Gasteiger partial charge in [-0.25, -0.2) is 4.99 Å². The molecule has 0 radical (unpaired) electrons. The number of aliphatic imine (C=N–C) groups is 1. The SMILES string of the molecule is CCNC(=NCc1ccc(OC)c(OC)c1)NCC(O)c1cccc(OC(C)C)c1. The Hall–Kier alpha value is -2.93. The molecule has 0 bridgehead atoms. The molecule has 0 amide bonds. The molecule has 0 aromatic heterocycles. The van der Waals surface area contributed by atoms with Gasteiger partial charge in [-0.1, -0.05) is 18.2 Å². The first-order valence-corrected chi connectivity index (χ1v) is 10.1. The van der Waals surface area contributed by atoms with Gasteiger partial charge in [0.1, 0.15) is 5.75 Å². The van der Waals surface area contributed by atoms with Crippen molar-refractivity contribution in [3.63, 3.8) is 0 Å². The number of guanidine groups is 1. The Morgan fingerprint density at radius 2 is 1.80 bits per heavy atom. The fraction of sp³-hybridized carbons (Fsp3) is 0.435. The van der Waals surface area contributed by atoms with Crippen molar-refractivity contribution >= 4 is 5.96 Å². The molecule has 0 fully saturated rings. The predicted octanol–water partition coefficient (Wildman–Crippen LogP) is 3.28. The van der Waals surface area contributed by atoms with Crippen molar-refractivity contribution in [2.45, 2.75) is 39.5 Å². The molecule has 30 heavy (non-hydrogen) atoms. The first kappa shape index (κ1) is 23.3. The van der Waals surface area contributed by atoms with E-state index in [4.69, 9.17) is 14.2 Å². The maximum Gasteiger partial charge on any atom is 0.191 e. The molecule has 0 aliphatic rings. The van der Waals surface area contributed by atoms with Crippen LogP contribution in [-0.4, -0.2) is 44.5 Å². The van der Waals surface area contributed by atoms with Crippen molar-refractivity contribution in [2.75, 3.05) is 27.3 Å². The summed E-state index contributed by atoms with van der Waals surface area (Å²) in [4.78, 5) is 4.60. The third-order valence-electron chi connectivity index (χ3n) is 4.29. The second-order valence-corrected chi connectivity index (χ2v) is 7.02. The number of rotatable bonds is 10. The Kier molecular flexibility index (Phi) is 9.28. The van der Waals surface area contributed by atoms with E-state index in [1.165, 1.54) is 0 Å². The van der Waals surface area contributed by atoms with Gasteiger partial charge in [-0.15, -0.1) is 0 Å². The highest BCUT2D eigenvalue weighted by Gasteiger charge is 2.11. The van der Waals surface area contributed by atoms with E-state index < -0.39 is 6.10 Å². The van der Waals surface area contributed by atoms with Gasteiger partial charge in [-0.3, -0.25) is 0 Å². The van der Waals surface area contributed by atoms with E-state index in [0.29, 0.717) is 37.1 Å². The van der Waals surface area contributed by atoms with Gasteiger partial charge in [0.25, 0.3) is 0 Å². The number of aliphatic hydroxyl groups excluding tert-OH is 1. The van der Waals surface area contributed by atoms with Crippen LogP contribution in [0.25, 0.3) is 0 Å². The zero-order valence-corrected chi connectivity index (χ0v) is 18.4. The molecule has 0 spiro atoms. The molecule has 0 aliphatic carbocycles. The largest absolute Gasteiger partial charge is 0.493 e. The van der Waals surface area contributed by atoms with Gasteiger partial charge in [0.15, 0.2) is 17.5 Å². The molecule has 2 aromatic rings. The molecule has 0 aliphatic heterocycles. The first-order valence-electron chi connectivity index (χ1n) is 10.1. The Labute approximate surface area is 179 Å². The maximum absolute atomic E-state index is 10.6. The Balaban J connectivity index is 2.01. The van der Waals surface area contributed by atoms with Gasteiger partial charge in [-0.05, 0) is 56.2 Å². The molecular weight excluding hydrogens is 382 g/mol. The zero-order chi connectivity index (χ0) is 21.9.